The maximum absolute atomic E-state index is 11.9. The van der Waals surface area contributed by atoms with E-state index in [4.69, 9.17) is 4.74 Å². The number of carbonyl (C=O) groups excluding carboxylic acids is 1. The van der Waals surface area contributed by atoms with Crippen molar-refractivity contribution in [3.63, 3.8) is 0 Å². The molecule has 0 spiro atoms. The molecule has 1 aliphatic rings. The molecule has 0 radical (unpaired) electrons. The Morgan fingerprint density at radius 2 is 2.05 bits per heavy atom. The Hall–Kier alpha value is -1.76. The highest BCUT2D eigenvalue weighted by atomic mass is 32.2. The number of fused-ring (bicyclic) bond motifs is 1. The molecule has 1 aromatic rings. The van der Waals surface area contributed by atoms with Gasteiger partial charge in [-0.1, -0.05) is 0 Å². The molecule has 0 bridgehead atoms. The fourth-order valence-electron chi connectivity index (χ4n) is 1.89. The largest absolute Gasteiger partial charge is 0.497 e. The minimum absolute atomic E-state index is 0.0242. The summed E-state index contributed by atoms with van der Waals surface area (Å²) in [5.41, 5.74) is 1.40. The molecule has 1 aliphatic heterocycles. The van der Waals surface area contributed by atoms with Crippen LogP contribution in [-0.4, -0.2) is 39.5 Å². The van der Waals surface area contributed by atoms with Crippen molar-refractivity contribution in [3.8, 4) is 5.75 Å². The van der Waals surface area contributed by atoms with Crippen LogP contribution in [0, 0.1) is 0 Å². The number of sulfone groups is 1. The lowest BCUT2D eigenvalue weighted by Crippen LogP contribution is -2.39. The Labute approximate surface area is 112 Å². The van der Waals surface area contributed by atoms with Crippen molar-refractivity contribution < 1.29 is 17.9 Å². The van der Waals surface area contributed by atoms with E-state index >= 15 is 0 Å². The summed E-state index contributed by atoms with van der Waals surface area (Å²) in [4.78, 5) is 11.9. The molecule has 0 saturated carbocycles. The molecule has 1 atom stereocenters. The summed E-state index contributed by atoms with van der Waals surface area (Å²) in [6.07, 6.45) is 1.41. The van der Waals surface area contributed by atoms with Crippen LogP contribution >= 0.6 is 0 Å². The summed E-state index contributed by atoms with van der Waals surface area (Å²) in [7, 11) is -1.52. The SMILES string of the molecule is COc1ccc2c(c1)NC(=O)C(CCS(C)(=O)=O)N2. The molecule has 7 heteroatoms. The number of hydrogen-bond acceptors (Lipinski definition) is 5. The van der Waals surface area contributed by atoms with Crippen molar-refractivity contribution in [2.75, 3.05) is 29.8 Å². The number of anilines is 2. The lowest BCUT2D eigenvalue weighted by molar-refractivity contribution is -0.117. The molecule has 6 nitrogen and oxygen atoms in total. The number of methoxy groups -OCH3 is 1. The topological polar surface area (TPSA) is 84.5 Å². The lowest BCUT2D eigenvalue weighted by atomic mass is 10.1. The van der Waals surface area contributed by atoms with Crippen LogP contribution in [0.1, 0.15) is 6.42 Å². The van der Waals surface area contributed by atoms with E-state index in [1.165, 1.54) is 0 Å². The van der Waals surface area contributed by atoms with Crippen LogP contribution in [0.15, 0.2) is 18.2 Å². The van der Waals surface area contributed by atoms with Gasteiger partial charge in [0.15, 0.2) is 0 Å². The van der Waals surface area contributed by atoms with Crippen molar-refractivity contribution in [2.24, 2.45) is 0 Å². The van der Waals surface area contributed by atoms with Crippen LogP contribution in [-0.2, 0) is 14.6 Å². The predicted octanol–water partition coefficient (Wildman–Crippen LogP) is 0.862. The van der Waals surface area contributed by atoms with Gasteiger partial charge < -0.3 is 15.4 Å². The van der Waals surface area contributed by atoms with E-state index in [0.717, 1.165) is 11.9 Å². The van der Waals surface area contributed by atoms with Gasteiger partial charge in [0, 0.05) is 12.3 Å². The third-order valence-corrected chi connectivity index (χ3v) is 3.89. The zero-order valence-electron chi connectivity index (χ0n) is 10.8. The number of benzene rings is 1. The normalized spacial score (nSPS) is 18.2. The number of rotatable bonds is 4. The number of hydrogen-bond donors (Lipinski definition) is 2. The van der Waals surface area contributed by atoms with E-state index in [1.54, 1.807) is 25.3 Å². The number of nitrogens with one attached hydrogen (secondary N) is 2. The molecule has 0 saturated heterocycles. The highest BCUT2D eigenvalue weighted by Gasteiger charge is 2.26. The Morgan fingerprint density at radius 3 is 2.68 bits per heavy atom. The van der Waals surface area contributed by atoms with Gasteiger partial charge in [-0.25, -0.2) is 8.42 Å². The Bertz CT molecular complexity index is 598. The first kappa shape index (κ1) is 13.7. The fourth-order valence-corrected chi connectivity index (χ4v) is 2.55. The summed E-state index contributed by atoms with van der Waals surface area (Å²) in [5.74, 6) is 0.392. The molecule has 0 aromatic heterocycles. The molecule has 104 valence electrons. The van der Waals surface area contributed by atoms with E-state index in [1.807, 2.05) is 0 Å². The van der Waals surface area contributed by atoms with Crippen LogP contribution in [0.4, 0.5) is 11.4 Å². The third-order valence-electron chi connectivity index (χ3n) is 2.91. The maximum Gasteiger partial charge on any atom is 0.246 e. The van der Waals surface area contributed by atoms with E-state index < -0.39 is 15.9 Å². The maximum atomic E-state index is 11.9. The highest BCUT2D eigenvalue weighted by Crippen LogP contribution is 2.31. The molecule has 2 N–H and O–H groups in total. The van der Waals surface area contributed by atoms with Crippen molar-refractivity contribution in [3.05, 3.63) is 18.2 Å². The molecular formula is C12H16N2O4S. The van der Waals surface area contributed by atoms with Gasteiger partial charge in [0.05, 0.1) is 24.2 Å². The van der Waals surface area contributed by atoms with E-state index in [0.29, 0.717) is 11.4 Å². The lowest BCUT2D eigenvalue weighted by Gasteiger charge is -2.26. The molecule has 1 amide bonds. The first-order valence-corrected chi connectivity index (χ1v) is 7.88. The molecule has 0 aliphatic carbocycles. The van der Waals surface area contributed by atoms with Gasteiger partial charge in [-0.3, -0.25) is 4.79 Å². The van der Waals surface area contributed by atoms with Gasteiger partial charge in [0.2, 0.25) is 5.91 Å². The summed E-state index contributed by atoms with van der Waals surface area (Å²) in [6.45, 7) is 0. The molecule has 1 unspecified atom stereocenters. The average molecular weight is 284 g/mol. The Morgan fingerprint density at radius 1 is 1.32 bits per heavy atom. The van der Waals surface area contributed by atoms with E-state index in [2.05, 4.69) is 10.6 Å². The first-order valence-electron chi connectivity index (χ1n) is 5.82. The van der Waals surface area contributed by atoms with Crippen LogP contribution in [0.5, 0.6) is 5.75 Å². The van der Waals surface area contributed by atoms with Gasteiger partial charge in [0.25, 0.3) is 0 Å². The third kappa shape index (κ3) is 3.37. The predicted molar refractivity (Wildman–Crippen MR) is 73.4 cm³/mol. The molecule has 1 heterocycles. The van der Waals surface area contributed by atoms with E-state index in [-0.39, 0.29) is 18.1 Å². The number of ether oxygens (including phenoxy) is 1. The van der Waals surface area contributed by atoms with Crippen molar-refractivity contribution >= 4 is 27.1 Å². The van der Waals surface area contributed by atoms with Gasteiger partial charge >= 0.3 is 0 Å². The Balaban J connectivity index is 2.13. The second-order valence-electron chi connectivity index (χ2n) is 4.52. The van der Waals surface area contributed by atoms with Gasteiger partial charge in [-0.15, -0.1) is 0 Å². The summed E-state index contributed by atoms with van der Waals surface area (Å²) >= 11 is 0. The minimum atomic E-state index is -3.07. The first-order chi connectivity index (χ1) is 8.89. The minimum Gasteiger partial charge on any atom is -0.497 e. The summed E-state index contributed by atoms with van der Waals surface area (Å²) in [6, 6.07) is 4.75. The average Bonchev–Trinajstić information content (AvgIpc) is 2.34. The fraction of sp³-hybridized carbons (Fsp3) is 0.417. The Kier molecular flexibility index (Phi) is 3.66. The van der Waals surface area contributed by atoms with Crippen LogP contribution in [0.2, 0.25) is 0 Å². The number of amides is 1. The monoisotopic (exact) mass is 284 g/mol. The van der Waals surface area contributed by atoms with Gasteiger partial charge in [-0.05, 0) is 18.6 Å². The quantitative estimate of drug-likeness (QED) is 0.856. The van der Waals surface area contributed by atoms with Crippen molar-refractivity contribution in [1.82, 2.24) is 0 Å². The molecule has 19 heavy (non-hydrogen) atoms. The van der Waals surface area contributed by atoms with Crippen LogP contribution < -0.4 is 15.4 Å². The molecule has 1 aromatic carbocycles. The highest BCUT2D eigenvalue weighted by molar-refractivity contribution is 7.90. The zero-order valence-corrected chi connectivity index (χ0v) is 11.6. The second-order valence-corrected chi connectivity index (χ2v) is 6.78. The van der Waals surface area contributed by atoms with Crippen molar-refractivity contribution in [1.29, 1.82) is 0 Å². The van der Waals surface area contributed by atoms with Crippen LogP contribution in [0.3, 0.4) is 0 Å². The van der Waals surface area contributed by atoms with E-state index in [9.17, 15) is 13.2 Å². The molecule has 2 rings (SSSR count). The smallest absolute Gasteiger partial charge is 0.246 e. The summed E-state index contributed by atoms with van der Waals surface area (Å²) in [5, 5.41) is 5.78. The molecular weight excluding hydrogens is 268 g/mol. The van der Waals surface area contributed by atoms with Crippen LogP contribution in [0.25, 0.3) is 0 Å². The number of carbonyl (C=O) groups is 1. The van der Waals surface area contributed by atoms with Crippen molar-refractivity contribution in [2.45, 2.75) is 12.5 Å². The molecule has 0 fully saturated rings. The zero-order chi connectivity index (χ0) is 14.0. The summed E-state index contributed by atoms with van der Waals surface area (Å²) < 4.78 is 27.3. The standard InChI is InChI=1S/C12H16N2O4S/c1-18-8-3-4-9-11(7-8)14-12(15)10(13-9)5-6-19(2,16)17/h3-4,7,10,13H,5-6H2,1-2H3,(H,14,15). The second kappa shape index (κ2) is 5.08. The van der Waals surface area contributed by atoms with Gasteiger partial charge in [0.1, 0.15) is 21.6 Å². The van der Waals surface area contributed by atoms with Gasteiger partial charge in [-0.2, -0.15) is 0 Å².